The Morgan fingerprint density at radius 2 is 1.81 bits per heavy atom. The SMILES string of the molecule is Cc1ccn(-c2cc(-c3cccc(OC(C)C)c3)ccc2C(Oc2cc(N3CCC4(CC3)CNC(C(=O)O)C4)nc(N)n2)C(F)(F)F)n1. The molecule has 2 unspecified atom stereocenters. The number of halogens is 3. The molecule has 6 rings (SSSR count). The van der Waals surface area contributed by atoms with E-state index in [-0.39, 0.29) is 34.6 Å². The Morgan fingerprint density at radius 1 is 1.06 bits per heavy atom. The number of carboxylic acids is 1. The standard InChI is InChI=1S/C34H38F3N7O4/c1-20(2)47-24-6-4-5-22(15-24)23-7-8-25(27(16-23)44-12-9-21(3)42-44)30(34(35,36)37)48-29-17-28(40-32(38)41-29)43-13-10-33(11-14-43)18-26(31(45)46)39-19-33/h4-9,12,15-17,20,26,30,39H,10-11,13-14,18-19H2,1-3H3,(H,45,46)(H2,38,40,41). The van der Waals surface area contributed by atoms with E-state index in [0.717, 1.165) is 5.56 Å². The maximum Gasteiger partial charge on any atom is 0.429 e. The number of hydrogen-bond acceptors (Lipinski definition) is 9. The van der Waals surface area contributed by atoms with Gasteiger partial charge in [-0.25, -0.2) is 4.68 Å². The van der Waals surface area contributed by atoms with E-state index in [4.69, 9.17) is 15.2 Å². The first-order chi connectivity index (χ1) is 22.8. The van der Waals surface area contributed by atoms with Crippen LogP contribution in [0.3, 0.4) is 0 Å². The number of carboxylic acid groups (broad SMARTS) is 1. The molecule has 0 amide bonds. The van der Waals surface area contributed by atoms with Gasteiger partial charge in [-0.2, -0.15) is 28.2 Å². The molecule has 4 N–H and O–H groups in total. The van der Waals surface area contributed by atoms with Crippen LogP contribution < -0.4 is 25.4 Å². The van der Waals surface area contributed by atoms with Gasteiger partial charge < -0.3 is 30.5 Å². The molecule has 14 heteroatoms. The fourth-order valence-electron chi connectivity index (χ4n) is 6.48. The minimum Gasteiger partial charge on any atom is -0.491 e. The lowest BCUT2D eigenvalue weighted by Crippen LogP contribution is -2.41. The van der Waals surface area contributed by atoms with E-state index >= 15 is 0 Å². The van der Waals surface area contributed by atoms with Crippen LogP contribution in [0, 0.1) is 12.3 Å². The van der Waals surface area contributed by atoms with Crippen LogP contribution in [0.2, 0.25) is 0 Å². The van der Waals surface area contributed by atoms with Crippen molar-refractivity contribution in [3.05, 3.63) is 72.1 Å². The summed E-state index contributed by atoms with van der Waals surface area (Å²) in [5.41, 5.74) is 7.92. The molecule has 2 fully saturated rings. The summed E-state index contributed by atoms with van der Waals surface area (Å²) in [6, 6.07) is 14.5. The van der Waals surface area contributed by atoms with E-state index in [2.05, 4.69) is 20.4 Å². The summed E-state index contributed by atoms with van der Waals surface area (Å²) in [4.78, 5) is 21.7. The Kier molecular flexibility index (Phi) is 8.94. The summed E-state index contributed by atoms with van der Waals surface area (Å²) in [5.74, 6) is -0.427. The van der Waals surface area contributed by atoms with Gasteiger partial charge in [0.05, 0.1) is 17.5 Å². The second-order valence-corrected chi connectivity index (χ2v) is 12.8. The fourth-order valence-corrected chi connectivity index (χ4v) is 6.48. The van der Waals surface area contributed by atoms with Crippen molar-refractivity contribution < 1.29 is 32.5 Å². The minimum atomic E-state index is -4.84. The van der Waals surface area contributed by atoms with Crippen molar-refractivity contribution in [2.24, 2.45) is 5.41 Å². The van der Waals surface area contributed by atoms with Crippen LogP contribution in [0.5, 0.6) is 11.6 Å². The highest BCUT2D eigenvalue weighted by atomic mass is 19.4. The predicted octanol–water partition coefficient (Wildman–Crippen LogP) is 5.72. The van der Waals surface area contributed by atoms with Gasteiger partial charge in [-0.15, -0.1) is 0 Å². The average Bonchev–Trinajstić information content (AvgIpc) is 3.65. The molecule has 254 valence electrons. The van der Waals surface area contributed by atoms with Gasteiger partial charge in [0, 0.05) is 37.5 Å². The Hall–Kier alpha value is -4.85. The van der Waals surface area contributed by atoms with Gasteiger partial charge in [0.1, 0.15) is 17.6 Å². The van der Waals surface area contributed by atoms with Crippen molar-refractivity contribution in [1.82, 2.24) is 25.1 Å². The summed E-state index contributed by atoms with van der Waals surface area (Å²) >= 11 is 0. The molecule has 48 heavy (non-hydrogen) atoms. The number of ether oxygens (including phenoxy) is 2. The normalized spacial score (nSPS) is 18.3. The van der Waals surface area contributed by atoms with E-state index in [9.17, 15) is 23.1 Å². The van der Waals surface area contributed by atoms with Crippen molar-refractivity contribution in [2.75, 3.05) is 30.3 Å². The number of benzene rings is 2. The number of piperidine rings is 1. The van der Waals surface area contributed by atoms with Crippen molar-refractivity contribution in [3.8, 4) is 28.4 Å². The number of nitrogens with one attached hydrogen (secondary N) is 1. The van der Waals surface area contributed by atoms with Gasteiger partial charge in [0.15, 0.2) is 0 Å². The van der Waals surface area contributed by atoms with Crippen molar-refractivity contribution in [1.29, 1.82) is 0 Å². The summed E-state index contributed by atoms with van der Waals surface area (Å²) in [6.45, 7) is 7.24. The monoisotopic (exact) mass is 665 g/mol. The Morgan fingerprint density at radius 3 is 2.46 bits per heavy atom. The maximum atomic E-state index is 14.9. The number of carbonyl (C=O) groups is 1. The number of alkyl halides is 3. The fraction of sp³-hybridized carbons (Fsp3) is 0.412. The molecule has 4 heterocycles. The number of aryl methyl sites for hydroxylation is 1. The molecular weight excluding hydrogens is 627 g/mol. The molecule has 0 saturated carbocycles. The third kappa shape index (κ3) is 7.18. The lowest BCUT2D eigenvalue weighted by molar-refractivity contribution is -0.198. The molecule has 4 aromatic rings. The van der Waals surface area contributed by atoms with Crippen LogP contribution in [0.25, 0.3) is 16.8 Å². The predicted molar refractivity (Wildman–Crippen MR) is 173 cm³/mol. The molecule has 2 aliphatic heterocycles. The van der Waals surface area contributed by atoms with Gasteiger partial charge in [-0.3, -0.25) is 4.79 Å². The first-order valence-corrected chi connectivity index (χ1v) is 15.8. The molecule has 2 saturated heterocycles. The molecule has 2 aliphatic rings. The highest BCUT2D eigenvalue weighted by Gasteiger charge is 2.46. The molecule has 0 bridgehead atoms. The largest absolute Gasteiger partial charge is 0.491 e. The number of anilines is 2. The average molecular weight is 666 g/mol. The van der Waals surface area contributed by atoms with E-state index in [1.807, 2.05) is 43.0 Å². The Bertz CT molecular complexity index is 1790. The van der Waals surface area contributed by atoms with Crippen molar-refractivity contribution in [2.45, 2.75) is 64.5 Å². The number of rotatable bonds is 9. The number of aliphatic carboxylic acids is 1. The number of nitrogen functional groups attached to an aromatic ring is 1. The molecule has 0 aliphatic carbocycles. The molecule has 2 atom stereocenters. The minimum absolute atomic E-state index is 0.0472. The van der Waals surface area contributed by atoms with Crippen molar-refractivity contribution in [3.63, 3.8) is 0 Å². The van der Waals surface area contributed by atoms with E-state index in [1.165, 1.54) is 16.8 Å². The van der Waals surface area contributed by atoms with Crippen LogP contribution in [0.1, 0.15) is 50.5 Å². The molecule has 11 nitrogen and oxygen atoms in total. The second-order valence-electron chi connectivity index (χ2n) is 12.8. The van der Waals surface area contributed by atoms with Gasteiger partial charge in [-0.1, -0.05) is 24.3 Å². The van der Waals surface area contributed by atoms with Crippen LogP contribution >= 0.6 is 0 Å². The van der Waals surface area contributed by atoms with Crippen LogP contribution in [-0.4, -0.2) is 68.8 Å². The molecule has 2 aromatic carbocycles. The zero-order valence-electron chi connectivity index (χ0n) is 26.9. The third-order valence-corrected chi connectivity index (χ3v) is 8.87. The quantitative estimate of drug-likeness (QED) is 0.203. The summed E-state index contributed by atoms with van der Waals surface area (Å²) in [5, 5.41) is 16.9. The van der Waals surface area contributed by atoms with Crippen LogP contribution in [-0.2, 0) is 4.79 Å². The van der Waals surface area contributed by atoms with Gasteiger partial charge in [0.25, 0.3) is 0 Å². The molecular formula is C34H38F3N7O4. The summed E-state index contributed by atoms with van der Waals surface area (Å²) in [7, 11) is 0. The first kappa shape index (κ1) is 33.1. The zero-order valence-corrected chi connectivity index (χ0v) is 26.9. The van der Waals surface area contributed by atoms with Gasteiger partial charge in [0.2, 0.25) is 17.9 Å². The van der Waals surface area contributed by atoms with Crippen LogP contribution in [0.4, 0.5) is 24.9 Å². The number of hydrogen-bond donors (Lipinski definition) is 3. The highest BCUT2D eigenvalue weighted by molar-refractivity contribution is 5.74. The second kappa shape index (κ2) is 13.0. The highest BCUT2D eigenvalue weighted by Crippen LogP contribution is 2.43. The molecule has 1 spiro atoms. The topological polar surface area (TPSA) is 141 Å². The smallest absolute Gasteiger partial charge is 0.429 e. The summed E-state index contributed by atoms with van der Waals surface area (Å²) in [6.07, 6.45) is -3.78. The first-order valence-electron chi connectivity index (χ1n) is 15.8. The molecule has 0 radical (unpaired) electrons. The Balaban J connectivity index is 1.31. The third-order valence-electron chi connectivity index (χ3n) is 8.87. The molecule has 2 aromatic heterocycles. The summed E-state index contributed by atoms with van der Waals surface area (Å²) < 4.78 is 57.6. The lowest BCUT2D eigenvalue weighted by Gasteiger charge is -2.39. The van der Waals surface area contributed by atoms with E-state index in [0.29, 0.717) is 61.7 Å². The zero-order chi connectivity index (χ0) is 34.2. The maximum absolute atomic E-state index is 14.9. The van der Waals surface area contributed by atoms with Gasteiger partial charge >= 0.3 is 12.1 Å². The lowest BCUT2D eigenvalue weighted by atomic mass is 9.76. The van der Waals surface area contributed by atoms with Crippen LogP contribution in [0.15, 0.2) is 60.8 Å². The van der Waals surface area contributed by atoms with E-state index < -0.39 is 24.3 Å². The van der Waals surface area contributed by atoms with E-state index in [1.54, 1.807) is 31.3 Å². The van der Waals surface area contributed by atoms with Gasteiger partial charge in [-0.05, 0) is 80.8 Å². The Labute approximate surface area is 275 Å². The number of aromatic nitrogens is 4. The van der Waals surface area contributed by atoms with Crippen molar-refractivity contribution >= 4 is 17.7 Å². The number of nitrogens with zero attached hydrogens (tertiary/aromatic N) is 5. The number of nitrogens with two attached hydrogens (primary N) is 1.